The molecule has 1 aliphatic rings. The number of aromatic nitrogens is 3. The fourth-order valence-electron chi connectivity index (χ4n) is 4.38. The summed E-state index contributed by atoms with van der Waals surface area (Å²) in [6.07, 6.45) is -0.0425. The maximum Gasteiger partial charge on any atom is 0.435 e. The molecule has 7 nitrogen and oxygen atoms in total. The number of hydrogen-bond donors (Lipinski definition) is 0. The van der Waals surface area contributed by atoms with Gasteiger partial charge >= 0.3 is 6.18 Å². The van der Waals surface area contributed by atoms with E-state index in [4.69, 9.17) is 9.82 Å². The van der Waals surface area contributed by atoms with Crippen molar-refractivity contribution in [2.24, 2.45) is 5.16 Å². The van der Waals surface area contributed by atoms with Crippen molar-refractivity contribution in [1.82, 2.24) is 19.7 Å². The smallest absolute Gasteiger partial charge is 0.396 e. The number of carbonyl (C=O) groups is 1. The van der Waals surface area contributed by atoms with Crippen LogP contribution in [0.4, 0.5) is 13.2 Å². The fourth-order valence-corrected chi connectivity index (χ4v) is 5.42. The second-order valence-electron chi connectivity index (χ2n) is 9.51. The minimum atomic E-state index is -4.53. The first-order valence-electron chi connectivity index (χ1n) is 12.8. The summed E-state index contributed by atoms with van der Waals surface area (Å²) in [6.45, 7) is 4.82. The lowest BCUT2D eigenvalue weighted by molar-refractivity contribution is -0.142. The fraction of sp³-hybridized carbons (Fsp3) is 0.481. The summed E-state index contributed by atoms with van der Waals surface area (Å²) >= 11 is 1.58. The Bertz CT molecular complexity index is 1230. The van der Waals surface area contributed by atoms with Crippen LogP contribution in [0.25, 0.3) is 0 Å². The maximum atomic E-state index is 12.9. The van der Waals surface area contributed by atoms with Gasteiger partial charge in [0.1, 0.15) is 18.9 Å². The van der Waals surface area contributed by atoms with Gasteiger partial charge < -0.3 is 9.74 Å². The quantitative estimate of drug-likeness (QED) is 0.182. The van der Waals surface area contributed by atoms with Crippen LogP contribution in [-0.2, 0) is 28.8 Å². The van der Waals surface area contributed by atoms with Crippen molar-refractivity contribution in [3.63, 3.8) is 0 Å². The monoisotopic (exact) mass is 547 g/mol. The van der Waals surface area contributed by atoms with Gasteiger partial charge in [-0.05, 0) is 57.6 Å². The molecule has 1 fully saturated rings. The zero-order valence-electron chi connectivity index (χ0n) is 21.6. The van der Waals surface area contributed by atoms with E-state index in [2.05, 4.69) is 22.4 Å². The predicted molar refractivity (Wildman–Crippen MR) is 140 cm³/mol. The molecule has 38 heavy (non-hydrogen) atoms. The number of oxime groups is 1. The average molecular weight is 548 g/mol. The first kappa shape index (κ1) is 27.8. The van der Waals surface area contributed by atoms with E-state index < -0.39 is 11.9 Å². The summed E-state index contributed by atoms with van der Waals surface area (Å²) in [4.78, 5) is 24.6. The largest absolute Gasteiger partial charge is 0.435 e. The van der Waals surface area contributed by atoms with Gasteiger partial charge in [0.25, 0.3) is 0 Å². The highest BCUT2D eigenvalue weighted by molar-refractivity contribution is 7.09. The molecule has 0 spiro atoms. The zero-order chi connectivity index (χ0) is 27.1. The minimum Gasteiger partial charge on any atom is -0.396 e. The van der Waals surface area contributed by atoms with Crippen LogP contribution < -0.4 is 0 Å². The number of amides is 1. The van der Waals surface area contributed by atoms with E-state index in [1.165, 1.54) is 12.5 Å². The van der Waals surface area contributed by atoms with Gasteiger partial charge in [-0.15, -0.1) is 11.3 Å². The second-order valence-corrected chi connectivity index (χ2v) is 10.4. The summed E-state index contributed by atoms with van der Waals surface area (Å²) in [6, 6.07) is 11.3. The Labute approximate surface area is 224 Å². The number of carbonyl (C=O) groups excluding carboxylic acids is 1. The van der Waals surface area contributed by atoms with Gasteiger partial charge in [-0.1, -0.05) is 35.5 Å². The van der Waals surface area contributed by atoms with Crippen LogP contribution in [0.5, 0.6) is 0 Å². The topological polar surface area (TPSA) is 72.6 Å². The Kier molecular flexibility index (Phi) is 9.19. The summed E-state index contributed by atoms with van der Waals surface area (Å²) in [5.74, 6) is -0.000117. The van der Waals surface area contributed by atoms with E-state index >= 15 is 0 Å². The van der Waals surface area contributed by atoms with Crippen LogP contribution in [-0.4, -0.2) is 51.0 Å². The second kappa shape index (κ2) is 12.6. The molecule has 1 aromatic carbocycles. The van der Waals surface area contributed by atoms with Gasteiger partial charge in [0.05, 0.1) is 10.7 Å². The molecule has 1 aliphatic heterocycles. The molecule has 2 aromatic heterocycles. The lowest BCUT2D eigenvalue weighted by Crippen LogP contribution is -2.40. The molecule has 1 amide bonds. The van der Waals surface area contributed by atoms with Gasteiger partial charge in [0.15, 0.2) is 5.69 Å². The van der Waals surface area contributed by atoms with Crippen molar-refractivity contribution >= 4 is 23.0 Å². The van der Waals surface area contributed by atoms with Crippen molar-refractivity contribution < 1.29 is 22.8 Å². The number of nitrogens with zero attached hydrogens (tertiary/aromatic N) is 5. The molecule has 0 aliphatic carbocycles. The van der Waals surface area contributed by atoms with Crippen molar-refractivity contribution in [2.45, 2.75) is 64.6 Å². The third-order valence-electron chi connectivity index (χ3n) is 6.64. The van der Waals surface area contributed by atoms with E-state index in [0.29, 0.717) is 25.4 Å². The van der Waals surface area contributed by atoms with Crippen LogP contribution in [0.15, 0.2) is 46.9 Å². The number of unbranched alkanes of at least 4 members (excludes halogenated alkanes) is 1. The van der Waals surface area contributed by atoms with Crippen LogP contribution in [0.2, 0.25) is 0 Å². The highest BCUT2D eigenvalue weighted by Crippen LogP contribution is 2.31. The molecule has 4 rings (SSSR count). The number of thiazole rings is 1. The maximum absolute atomic E-state index is 12.9. The third-order valence-corrected chi connectivity index (χ3v) is 7.65. The number of piperidine rings is 1. The number of alkyl halides is 3. The normalized spacial score (nSPS) is 15.2. The predicted octanol–water partition coefficient (Wildman–Crippen LogP) is 5.84. The molecule has 0 radical (unpaired) electrons. The summed E-state index contributed by atoms with van der Waals surface area (Å²) < 4.78 is 39.8. The SMILES string of the molecule is C/C(=N\OCCCCc1ccccc1)c1csc(C2CCN(C(=O)Cn3nc(C(F)(F)F)cc3C)CC2)n1. The molecule has 0 bridgehead atoms. The van der Waals surface area contributed by atoms with E-state index in [-0.39, 0.29) is 18.4 Å². The zero-order valence-corrected chi connectivity index (χ0v) is 22.4. The van der Waals surface area contributed by atoms with Crippen LogP contribution in [0, 0.1) is 6.92 Å². The van der Waals surface area contributed by atoms with Crippen LogP contribution in [0.1, 0.15) is 66.2 Å². The molecule has 0 N–H and O–H groups in total. The first-order valence-corrected chi connectivity index (χ1v) is 13.6. The molecule has 3 aromatic rings. The Hall–Kier alpha value is -3.21. The summed E-state index contributed by atoms with van der Waals surface area (Å²) in [7, 11) is 0. The van der Waals surface area contributed by atoms with Gasteiger partial charge in [-0.2, -0.15) is 18.3 Å². The van der Waals surface area contributed by atoms with Crippen molar-refractivity contribution in [1.29, 1.82) is 0 Å². The highest BCUT2D eigenvalue weighted by atomic mass is 32.1. The standard InChI is InChI=1S/C27H32F3N5O2S/c1-19-16-24(27(28,29)30)32-35(19)17-25(36)34-13-11-22(12-14-34)26-31-23(18-38-26)20(2)33-37-15-7-6-10-21-8-4-3-5-9-21/h3-5,8-9,16,18,22H,6-7,10-15,17H2,1-2H3/b33-20+. The molecular weight excluding hydrogens is 515 g/mol. The van der Waals surface area contributed by atoms with Crippen molar-refractivity contribution in [2.75, 3.05) is 19.7 Å². The van der Waals surface area contributed by atoms with E-state index in [9.17, 15) is 18.0 Å². The minimum absolute atomic E-state index is 0.199. The van der Waals surface area contributed by atoms with Crippen molar-refractivity contribution in [3.8, 4) is 0 Å². The van der Waals surface area contributed by atoms with Crippen LogP contribution >= 0.6 is 11.3 Å². The number of likely N-dealkylation sites (tertiary alicyclic amines) is 1. The molecule has 204 valence electrons. The van der Waals surface area contributed by atoms with Gasteiger partial charge in [-0.3, -0.25) is 9.48 Å². The van der Waals surface area contributed by atoms with E-state index in [0.717, 1.165) is 59.3 Å². The number of aryl methyl sites for hydroxylation is 2. The molecule has 0 saturated carbocycles. The Balaban J connectivity index is 1.20. The average Bonchev–Trinajstić information content (AvgIpc) is 3.54. The van der Waals surface area contributed by atoms with E-state index in [1.54, 1.807) is 16.2 Å². The lowest BCUT2D eigenvalue weighted by Gasteiger charge is -2.31. The molecule has 11 heteroatoms. The molecule has 1 saturated heterocycles. The summed E-state index contributed by atoms with van der Waals surface area (Å²) in [5, 5.41) is 10.8. The van der Waals surface area contributed by atoms with Gasteiger partial charge in [-0.25, -0.2) is 4.98 Å². The number of rotatable bonds is 10. The Morgan fingerprint density at radius 3 is 2.61 bits per heavy atom. The molecule has 0 unspecified atom stereocenters. The number of halogens is 3. The van der Waals surface area contributed by atoms with Gasteiger partial charge in [0.2, 0.25) is 5.91 Å². The third kappa shape index (κ3) is 7.43. The van der Waals surface area contributed by atoms with Crippen molar-refractivity contribution in [3.05, 3.63) is 69.4 Å². The Morgan fingerprint density at radius 2 is 1.92 bits per heavy atom. The highest BCUT2D eigenvalue weighted by Gasteiger charge is 2.35. The van der Waals surface area contributed by atoms with Crippen LogP contribution in [0.3, 0.4) is 0 Å². The first-order chi connectivity index (χ1) is 18.2. The van der Waals surface area contributed by atoms with E-state index in [1.807, 2.05) is 30.5 Å². The molecule has 0 atom stereocenters. The van der Waals surface area contributed by atoms with Gasteiger partial charge in [0, 0.05) is 30.1 Å². The number of hydrogen-bond acceptors (Lipinski definition) is 6. The lowest BCUT2D eigenvalue weighted by atomic mass is 9.97. The Morgan fingerprint density at radius 1 is 1.18 bits per heavy atom. The molecule has 3 heterocycles. The summed E-state index contributed by atoms with van der Waals surface area (Å²) in [5.41, 5.74) is 2.18. The number of benzene rings is 1. The molecular formula is C27H32F3N5O2S.